The van der Waals surface area contributed by atoms with Crippen molar-refractivity contribution in [2.45, 2.75) is 18.8 Å². The van der Waals surface area contributed by atoms with Crippen molar-refractivity contribution in [3.8, 4) is 11.1 Å². The van der Waals surface area contributed by atoms with Crippen molar-refractivity contribution in [3.63, 3.8) is 0 Å². The summed E-state index contributed by atoms with van der Waals surface area (Å²) in [6, 6.07) is 23.0. The molecule has 1 aliphatic heterocycles. The van der Waals surface area contributed by atoms with Crippen molar-refractivity contribution >= 4 is 23.7 Å². The normalized spacial score (nSPS) is 16.5. The number of nitrogens with zero attached hydrogens (tertiary/aromatic N) is 1. The average Bonchev–Trinajstić information content (AvgIpc) is 3.44. The maximum Gasteiger partial charge on any atom is 0.411 e. The van der Waals surface area contributed by atoms with Gasteiger partial charge in [0.1, 0.15) is 6.61 Å². The fourth-order valence-electron chi connectivity index (χ4n) is 5.10. The molecule has 7 nitrogen and oxygen atoms in total. The third-order valence-electron chi connectivity index (χ3n) is 6.74. The van der Waals surface area contributed by atoms with Gasteiger partial charge in [-0.2, -0.15) is 0 Å². The van der Waals surface area contributed by atoms with Crippen LogP contribution in [0.15, 0.2) is 72.8 Å². The molecule has 0 aromatic heterocycles. The second kappa shape index (κ2) is 9.62. The van der Waals surface area contributed by atoms with Crippen molar-refractivity contribution in [2.24, 2.45) is 5.92 Å². The van der Waals surface area contributed by atoms with Crippen LogP contribution in [-0.4, -0.2) is 47.7 Å². The van der Waals surface area contributed by atoms with Crippen LogP contribution in [0.3, 0.4) is 0 Å². The number of anilines is 1. The van der Waals surface area contributed by atoms with Crippen molar-refractivity contribution in [1.29, 1.82) is 0 Å². The van der Waals surface area contributed by atoms with Gasteiger partial charge in [0, 0.05) is 36.7 Å². The van der Waals surface area contributed by atoms with Gasteiger partial charge >= 0.3 is 12.1 Å². The van der Waals surface area contributed by atoms with E-state index < -0.39 is 12.1 Å². The largest absolute Gasteiger partial charge is 0.481 e. The predicted octanol–water partition coefficient (Wildman–Crippen LogP) is 4.98. The highest BCUT2D eigenvalue weighted by Crippen LogP contribution is 2.44. The molecule has 2 aliphatic rings. The quantitative estimate of drug-likeness (QED) is 0.530. The molecule has 0 radical (unpaired) electrons. The number of benzene rings is 3. The Bertz CT molecular complexity index is 1240. The molecular weight excluding hydrogens is 444 g/mol. The molecule has 35 heavy (non-hydrogen) atoms. The van der Waals surface area contributed by atoms with E-state index in [2.05, 4.69) is 29.6 Å². The number of amides is 2. The lowest BCUT2D eigenvalue weighted by Gasteiger charge is -2.17. The van der Waals surface area contributed by atoms with Gasteiger partial charge in [-0.1, -0.05) is 54.6 Å². The van der Waals surface area contributed by atoms with Crippen LogP contribution in [0.4, 0.5) is 10.5 Å². The monoisotopic (exact) mass is 470 g/mol. The number of likely N-dealkylation sites (tertiary alicyclic amines) is 1. The van der Waals surface area contributed by atoms with Crippen molar-refractivity contribution in [1.82, 2.24) is 4.90 Å². The summed E-state index contributed by atoms with van der Waals surface area (Å²) in [5, 5.41) is 11.7. The van der Waals surface area contributed by atoms with E-state index in [1.165, 1.54) is 0 Å². The number of aliphatic carboxylic acids is 1. The van der Waals surface area contributed by atoms with Crippen molar-refractivity contribution in [2.75, 3.05) is 25.0 Å². The Morgan fingerprint density at radius 3 is 2.31 bits per heavy atom. The third kappa shape index (κ3) is 4.75. The Labute approximate surface area is 203 Å². The number of rotatable bonds is 6. The van der Waals surface area contributed by atoms with Gasteiger partial charge in [-0.3, -0.25) is 14.9 Å². The molecule has 0 bridgehead atoms. The van der Waals surface area contributed by atoms with E-state index in [4.69, 9.17) is 9.84 Å². The molecule has 2 N–H and O–H groups in total. The van der Waals surface area contributed by atoms with Crippen LogP contribution < -0.4 is 5.32 Å². The number of nitrogens with one attached hydrogen (secondary N) is 1. The summed E-state index contributed by atoms with van der Waals surface area (Å²) in [6.07, 6.45) is 0.155. The Morgan fingerprint density at radius 2 is 1.63 bits per heavy atom. The smallest absolute Gasteiger partial charge is 0.411 e. The van der Waals surface area contributed by atoms with Crippen LogP contribution in [0.1, 0.15) is 40.2 Å². The number of fused-ring (bicyclic) bond motifs is 3. The van der Waals surface area contributed by atoms with Crippen LogP contribution in [0, 0.1) is 5.92 Å². The zero-order valence-electron chi connectivity index (χ0n) is 19.1. The third-order valence-corrected chi connectivity index (χ3v) is 6.74. The summed E-state index contributed by atoms with van der Waals surface area (Å²) in [4.78, 5) is 38.1. The zero-order valence-corrected chi connectivity index (χ0v) is 19.1. The molecule has 1 fully saturated rings. The summed E-state index contributed by atoms with van der Waals surface area (Å²) >= 11 is 0. The molecule has 5 rings (SSSR count). The molecule has 1 aliphatic carbocycles. The molecule has 1 atom stereocenters. The maximum absolute atomic E-state index is 12.9. The molecule has 0 spiro atoms. The fraction of sp³-hybridized carbons (Fsp3) is 0.250. The van der Waals surface area contributed by atoms with Gasteiger partial charge in [-0.15, -0.1) is 0 Å². The Hall–Kier alpha value is -4.13. The van der Waals surface area contributed by atoms with Gasteiger partial charge < -0.3 is 14.7 Å². The van der Waals surface area contributed by atoms with Gasteiger partial charge in [0.25, 0.3) is 5.91 Å². The lowest BCUT2D eigenvalue weighted by atomic mass is 9.98. The number of carbonyl (C=O) groups excluding carboxylic acids is 2. The minimum absolute atomic E-state index is 0.0291. The molecule has 7 heteroatoms. The van der Waals surface area contributed by atoms with E-state index in [0.29, 0.717) is 30.8 Å². The molecule has 1 heterocycles. The lowest BCUT2D eigenvalue weighted by molar-refractivity contribution is -0.138. The number of ether oxygens (including phenoxy) is 1. The molecule has 1 saturated heterocycles. The topological polar surface area (TPSA) is 95.9 Å². The highest BCUT2D eigenvalue weighted by atomic mass is 16.5. The molecule has 3 aromatic rings. The van der Waals surface area contributed by atoms with E-state index in [9.17, 15) is 14.4 Å². The van der Waals surface area contributed by atoms with Crippen LogP contribution in [-0.2, 0) is 9.53 Å². The van der Waals surface area contributed by atoms with Gasteiger partial charge in [-0.25, -0.2) is 4.79 Å². The summed E-state index contributed by atoms with van der Waals surface area (Å²) in [5.74, 6) is -1.08. The van der Waals surface area contributed by atoms with Crippen LogP contribution >= 0.6 is 0 Å². The Balaban J connectivity index is 1.21. The van der Waals surface area contributed by atoms with Gasteiger partial charge in [0.15, 0.2) is 0 Å². The molecule has 0 saturated carbocycles. The van der Waals surface area contributed by atoms with E-state index in [-0.39, 0.29) is 30.8 Å². The van der Waals surface area contributed by atoms with Crippen molar-refractivity contribution < 1.29 is 24.2 Å². The van der Waals surface area contributed by atoms with E-state index in [1.54, 1.807) is 29.2 Å². The van der Waals surface area contributed by atoms with E-state index in [1.807, 2.05) is 24.3 Å². The summed E-state index contributed by atoms with van der Waals surface area (Å²) in [6.45, 7) is 1.16. The Morgan fingerprint density at radius 1 is 0.943 bits per heavy atom. The number of carboxylic acid groups (broad SMARTS) is 1. The molecule has 2 amide bonds. The number of carbonyl (C=O) groups is 3. The van der Waals surface area contributed by atoms with Gasteiger partial charge in [-0.05, 0) is 52.8 Å². The number of hydrogen-bond donors (Lipinski definition) is 2. The second-order valence-corrected chi connectivity index (χ2v) is 9.04. The maximum atomic E-state index is 12.9. The predicted molar refractivity (Wildman–Crippen MR) is 131 cm³/mol. The summed E-state index contributed by atoms with van der Waals surface area (Å²) in [5.41, 5.74) is 5.51. The summed E-state index contributed by atoms with van der Waals surface area (Å²) < 4.78 is 5.59. The first-order valence-corrected chi connectivity index (χ1v) is 11.7. The van der Waals surface area contributed by atoms with Crippen LogP contribution in [0.25, 0.3) is 11.1 Å². The fourth-order valence-corrected chi connectivity index (χ4v) is 5.10. The molecular formula is C28H26N2O5. The molecule has 3 aromatic carbocycles. The Kier molecular flexibility index (Phi) is 6.23. The van der Waals surface area contributed by atoms with Crippen molar-refractivity contribution in [3.05, 3.63) is 89.5 Å². The van der Waals surface area contributed by atoms with Gasteiger partial charge in [0.2, 0.25) is 0 Å². The lowest BCUT2D eigenvalue weighted by Crippen LogP contribution is -2.29. The molecule has 1 unspecified atom stereocenters. The van der Waals surface area contributed by atoms with Crippen LogP contribution in [0.5, 0.6) is 0 Å². The minimum Gasteiger partial charge on any atom is -0.481 e. The SMILES string of the molecule is O=C(O)CC1CCN(C(=O)c2cccc(NC(=O)OCC3c4ccccc4-c4ccccc43)c2)C1. The highest BCUT2D eigenvalue weighted by Gasteiger charge is 2.30. The zero-order chi connectivity index (χ0) is 24.4. The highest BCUT2D eigenvalue weighted by molar-refractivity contribution is 5.96. The number of hydrogen-bond acceptors (Lipinski definition) is 4. The minimum atomic E-state index is -0.849. The van der Waals surface area contributed by atoms with E-state index in [0.717, 1.165) is 22.3 Å². The first-order chi connectivity index (χ1) is 17.0. The first kappa shape index (κ1) is 22.7. The van der Waals surface area contributed by atoms with Crippen LogP contribution in [0.2, 0.25) is 0 Å². The second-order valence-electron chi connectivity index (χ2n) is 9.04. The van der Waals surface area contributed by atoms with E-state index >= 15 is 0 Å². The standard InChI is InChI=1S/C28H26N2O5/c31-26(32)14-18-12-13-30(16-18)27(33)19-6-5-7-20(15-19)29-28(34)35-17-25-23-10-3-1-8-21(23)22-9-2-4-11-24(22)25/h1-11,15,18,25H,12-14,16-17H2,(H,29,34)(H,31,32). The van der Waals surface area contributed by atoms with Gasteiger partial charge in [0.05, 0.1) is 0 Å². The average molecular weight is 471 g/mol. The first-order valence-electron chi connectivity index (χ1n) is 11.7. The number of carboxylic acids is 1. The molecule has 178 valence electrons. The summed E-state index contributed by atoms with van der Waals surface area (Å²) in [7, 11) is 0.